The van der Waals surface area contributed by atoms with E-state index in [4.69, 9.17) is 13.7 Å². The molecule has 6 nitrogen and oxygen atoms in total. The van der Waals surface area contributed by atoms with Crippen molar-refractivity contribution in [3.63, 3.8) is 0 Å². The Morgan fingerprint density at radius 3 is 2.60 bits per heavy atom. The lowest BCUT2D eigenvalue weighted by atomic mass is 9.98. The number of fused-ring (bicyclic) bond motifs is 1. The Morgan fingerprint density at radius 2 is 1.95 bits per heavy atom. The minimum Gasteiger partial charge on any atom is -0.486 e. The van der Waals surface area contributed by atoms with Gasteiger partial charge >= 0.3 is 0 Å². The lowest BCUT2D eigenvalue weighted by Crippen LogP contribution is -2.19. The fraction of sp³-hybridized carbons (Fsp3) is 0.538. The highest BCUT2D eigenvalue weighted by atomic mass is 32.2. The van der Waals surface area contributed by atoms with Gasteiger partial charge in [-0.3, -0.25) is 4.18 Å². The van der Waals surface area contributed by atoms with Crippen molar-refractivity contribution >= 4 is 10.1 Å². The molecule has 1 aromatic carbocycles. The molecule has 0 fully saturated rings. The first-order valence-corrected chi connectivity index (χ1v) is 8.10. The lowest BCUT2D eigenvalue weighted by Gasteiger charge is -2.22. The third kappa shape index (κ3) is 3.84. The summed E-state index contributed by atoms with van der Waals surface area (Å²) in [5, 5.41) is 10.2. The lowest BCUT2D eigenvalue weighted by molar-refractivity contribution is 0.0859. The van der Waals surface area contributed by atoms with Gasteiger partial charge in [-0.15, -0.1) is 0 Å². The van der Waals surface area contributed by atoms with E-state index in [1.807, 2.05) is 0 Å². The molecule has 0 radical (unpaired) electrons. The van der Waals surface area contributed by atoms with Crippen molar-refractivity contribution < 1.29 is 27.2 Å². The van der Waals surface area contributed by atoms with Crippen LogP contribution >= 0.6 is 0 Å². The van der Waals surface area contributed by atoms with Crippen molar-refractivity contribution in [3.05, 3.63) is 23.8 Å². The Balaban J connectivity index is 2.06. The average molecular weight is 302 g/mol. The largest absolute Gasteiger partial charge is 0.486 e. The van der Waals surface area contributed by atoms with Gasteiger partial charge in [-0.2, -0.15) is 8.42 Å². The summed E-state index contributed by atoms with van der Waals surface area (Å²) in [6, 6.07) is 5.17. The fourth-order valence-corrected chi connectivity index (χ4v) is 2.36. The molecule has 0 saturated carbocycles. The molecule has 0 spiro atoms. The van der Waals surface area contributed by atoms with Crippen LogP contribution in [-0.2, 0) is 14.3 Å². The maximum atomic E-state index is 10.9. The first-order valence-electron chi connectivity index (χ1n) is 6.29. The van der Waals surface area contributed by atoms with E-state index in [1.165, 1.54) is 0 Å². The van der Waals surface area contributed by atoms with Gasteiger partial charge in [0.1, 0.15) is 13.2 Å². The van der Waals surface area contributed by atoms with Crippen LogP contribution in [0.3, 0.4) is 0 Å². The summed E-state index contributed by atoms with van der Waals surface area (Å²) in [6.45, 7) is 2.62. The Kier molecular flexibility index (Phi) is 4.52. The Morgan fingerprint density at radius 1 is 1.30 bits per heavy atom. The van der Waals surface area contributed by atoms with E-state index in [1.54, 1.807) is 25.1 Å². The maximum Gasteiger partial charge on any atom is 0.264 e. The molecule has 2 rings (SSSR count). The first kappa shape index (κ1) is 15.1. The van der Waals surface area contributed by atoms with Crippen LogP contribution in [0.15, 0.2) is 18.2 Å². The summed E-state index contributed by atoms with van der Waals surface area (Å²) in [5.74, 6) is 0.864. The molecule has 1 aliphatic rings. The van der Waals surface area contributed by atoms with Gasteiger partial charge in [0.2, 0.25) is 0 Å². The molecule has 1 aromatic rings. The highest BCUT2D eigenvalue weighted by Crippen LogP contribution is 2.34. The molecule has 112 valence electrons. The second kappa shape index (κ2) is 5.99. The predicted molar refractivity (Wildman–Crippen MR) is 72.4 cm³/mol. The highest BCUT2D eigenvalue weighted by Gasteiger charge is 2.21. The molecule has 0 amide bonds. The standard InChI is InChI=1S/C13H18O6S/c1-9(8-19-20(2,15)16)13(14)10-3-4-11-12(7-10)18-6-5-17-11/h3-4,7,9,13-14H,5-6,8H2,1-2H3/t9-,13+/m1/s1. The molecule has 1 aliphatic heterocycles. The van der Waals surface area contributed by atoms with Crippen LogP contribution in [0.25, 0.3) is 0 Å². The Hall–Kier alpha value is -1.31. The minimum absolute atomic E-state index is 0.0750. The Labute approximate surface area is 118 Å². The molecule has 7 heteroatoms. The molecule has 2 atom stereocenters. The van der Waals surface area contributed by atoms with Crippen molar-refractivity contribution in [3.8, 4) is 11.5 Å². The molecule has 1 N–H and O–H groups in total. The fourth-order valence-electron chi connectivity index (χ4n) is 1.89. The molecule has 0 aliphatic carbocycles. The molecule has 0 saturated heterocycles. The number of benzene rings is 1. The number of hydrogen-bond donors (Lipinski definition) is 1. The van der Waals surface area contributed by atoms with E-state index in [0.29, 0.717) is 30.3 Å². The average Bonchev–Trinajstić information content (AvgIpc) is 2.42. The van der Waals surface area contributed by atoms with E-state index in [0.717, 1.165) is 6.26 Å². The van der Waals surface area contributed by atoms with Gasteiger partial charge in [0, 0.05) is 5.92 Å². The highest BCUT2D eigenvalue weighted by molar-refractivity contribution is 7.85. The van der Waals surface area contributed by atoms with Crippen LogP contribution in [0.1, 0.15) is 18.6 Å². The first-order chi connectivity index (χ1) is 9.37. The summed E-state index contributed by atoms with van der Waals surface area (Å²) >= 11 is 0. The van der Waals surface area contributed by atoms with E-state index in [9.17, 15) is 13.5 Å². The van der Waals surface area contributed by atoms with Gasteiger partial charge in [0.15, 0.2) is 11.5 Å². The van der Waals surface area contributed by atoms with E-state index < -0.39 is 16.2 Å². The summed E-state index contributed by atoms with van der Waals surface area (Å²) in [4.78, 5) is 0. The van der Waals surface area contributed by atoms with Crippen molar-refractivity contribution in [2.75, 3.05) is 26.1 Å². The van der Waals surface area contributed by atoms with Crippen molar-refractivity contribution in [1.29, 1.82) is 0 Å². The molecule has 0 bridgehead atoms. The van der Waals surface area contributed by atoms with Crippen molar-refractivity contribution in [2.24, 2.45) is 5.92 Å². The van der Waals surface area contributed by atoms with Crippen LogP contribution in [0.2, 0.25) is 0 Å². The van der Waals surface area contributed by atoms with Gasteiger partial charge in [0.25, 0.3) is 10.1 Å². The topological polar surface area (TPSA) is 82.1 Å². The smallest absolute Gasteiger partial charge is 0.264 e. The molecule has 20 heavy (non-hydrogen) atoms. The SMILES string of the molecule is C[C@H](COS(C)(=O)=O)[C@H](O)c1ccc2c(c1)OCCO2. The van der Waals surface area contributed by atoms with E-state index in [2.05, 4.69) is 0 Å². The van der Waals surface area contributed by atoms with Crippen molar-refractivity contribution in [1.82, 2.24) is 0 Å². The zero-order valence-electron chi connectivity index (χ0n) is 11.4. The summed E-state index contributed by atoms with van der Waals surface area (Å²) in [7, 11) is -3.51. The van der Waals surface area contributed by atoms with Crippen LogP contribution < -0.4 is 9.47 Å². The van der Waals surface area contributed by atoms with Crippen molar-refractivity contribution in [2.45, 2.75) is 13.0 Å². The molecule has 0 aromatic heterocycles. The maximum absolute atomic E-state index is 10.9. The van der Waals surface area contributed by atoms with Crippen LogP contribution in [-0.4, -0.2) is 39.6 Å². The Bertz CT molecular complexity index is 568. The molecular weight excluding hydrogens is 284 g/mol. The zero-order valence-corrected chi connectivity index (χ0v) is 12.2. The second-order valence-corrected chi connectivity index (χ2v) is 6.46. The third-order valence-electron chi connectivity index (χ3n) is 2.99. The van der Waals surface area contributed by atoms with E-state index in [-0.39, 0.29) is 12.5 Å². The number of ether oxygens (including phenoxy) is 2. The monoisotopic (exact) mass is 302 g/mol. The molecular formula is C13H18O6S. The van der Waals surface area contributed by atoms with Gasteiger partial charge in [-0.05, 0) is 17.7 Å². The van der Waals surface area contributed by atoms with Gasteiger partial charge in [0.05, 0.1) is 19.0 Å². The van der Waals surface area contributed by atoms with Gasteiger partial charge < -0.3 is 14.6 Å². The summed E-state index contributed by atoms with van der Waals surface area (Å²) < 4.78 is 37.4. The minimum atomic E-state index is -3.51. The van der Waals surface area contributed by atoms with Crippen LogP contribution in [0.4, 0.5) is 0 Å². The quantitative estimate of drug-likeness (QED) is 0.820. The van der Waals surface area contributed by atoms with Gasteiger partial charge in [-0.1, -0.05) is 13.0 Å². The summed E-state index contributed by atoms with van der Waals surface area (Å²) in [5.41, 5.74) is 0.638. The van der Waals surface area contributed by atoms with Gasteiger partial charge in [-0.25, -0.2) is 0 Å². The molecule has 1 heterocycles. The van der Waals surface area contributed by atoms with Crippen LogP contribution in [0.5, 0.6) is 11.5 Å². The predicted octanol–water partition coefficient (Wildman–Crippen LogP) is 1.10. The number of aliphatic hydroxyl groups excluding tert-OH is 1. The van der Waals surface area contributed by atoms with Crippen LogP contribution in [0, 0.1) is 5.92 Å². The summed E-state index contributed by atoms with van der Waals surface area (Å²) in [6.07, 6.45) is 0.142. The zero-order chi connectivity index (χ0) is 14.8. The van der Waals surface area contributed by atoms with E-state index >= 15 is 0 Å². The normalized spacial score (nSPS) is 17.6. The number of hydrogen-bond acceptors (Lipinski definition) is 6. The third-order valence-corrected chi connectivity index (χ3v) is 3.56. The second-order valence-electron chi connectivity index (χ2n) is 4.81. The number of aliphatic hydroxyl groups is 1. The molecule has 0 unspecified atom stereocenters. The number of rotatable bonds is 5.